The molecule has 1 aliphatic carbocycles. The highest BCUT2D eigenvalue weighted by atomic mass is 32.2. The van der Waals surface area contributed by atoms with Gasteiger partial charge in [0.1, 0.15) is 11.5 Å². The third-order valence-electron chi connectivity index (χ3n) is 20.3. The monoisotopic (exact) mass is 1240 g/mol. The molecule has 21 rings (SSSR count). The van der Waals surface area contributed by atoms with E-state index in [-0.39, 0.29) is 0 Å². The van der Waals surface area contributed by atoms with Crippen molar-refractivity contribution in [2.75, 3.05) is 4.90 Å². The molecule has 0 radical (unpaired) electrons. The molecule has 12 aromatic carbocycles. The molecule has 3 aliphatic rings. The Bertz CT molecular complexity index is 6340. The number of nitrogens with zero attached hydrogens (tertiary/aromatic N) is 9. The molecule has 0 saturated heterocycles. The first-order chi connectivity index (χ1) is 47.5. The van der Waals surface area contributed by atoms with E-state index in [9.17, 15) is 10.5 Å². The van der Waals surface area contributed by atoms with Crippen LogP contribution in [0.2, 0.25) is 0 Å². The van der Waals surface area contributed by atoms with Crippen LogP contribution in [0.4, 0.5) is 17.1 Å². The molecular formula is C85H47N9OS. The number of anilines is 3. The van der Waals surface area contributed by atoms with Gasteiger partial charge in [-0.15, -0.1) is 0 Å². The van der Waals surface area contributed by atoms with E-state index in [2.05, 4.69) is 284 Å². The number of nitriles is 2. The van der Waals surface area contributed by atoms with E-state index in [4.69, 9.17) is 14.7 Å². The molecule has 0 amide bonds. The molecule has 1 spiro atoms. The maximum Gasteiger partial charge on any atom is 0.134 e. The molecule has 10 nitrogen and oxygen atoms in total. The van der Waals surface area contributed by atoms with Crippen LogP contribution in [0.5, 0.6) is 11.5 Å². The third-order valence-corrected chi connectivity index (χ3v) is 21.4. The molecule has 0 fully saturated rings. The zero-order chi connectivity index (χ0) is 63.1. The van der Waals surface area contributed by atoms with Crippen molar-refractivity contribution in [2.45, 2.75) is 15.2 Å². The van der Waals surface area contributed by atoms with Gasteiger partial charge in [0.05, 0.1) is 125 Å². The smallest absolute Gasteiger partial charge is 0.134 e. The lowest BCUT2D eigenvalue weighted by atomic mass is 9.65. The van der Waals surface area contributed by atoms with Gasteiger partial charge in [0.15, 0.2) is 0 Å². The summed E-state index contributed by atoms with van der Waals surface area (Å²) in [4.78, 5) is 16.0. The highest BCUT2D eigenvalue weighted by molar-refractivity contribution is 7.99. The highest BCUT2D eigenvalue weighted by Gasteiger charge is 2.55. The molecule has 11 heteroatoms. The van der Waals surface area contributed by atoms with Crippen molar-refractivity contribution in [2.24, 2.45) is 0 Å². The van der Waals surface area contributed by atoms with Gasteiger partial charge in [-0.3, -0.25) is 9.97 Å². The van der Waals surface area contributed by atoms with Crippen molar-refractivity contribution in [3.05, 3.63) is 319 Å². The highest BCUT2D eigenvalue weighted by Crippen LogP contribution is 2.65. The van der Waals surface area contributed by atoms with E-state index in [0.29, 0.717) is 22.6 Å². The van der Waals surface area contributed by atoms with Gasteiger partial charge in [-0.1, -0.05) is 145 Å². The molecule has 8 heterocycles. The standard InChI is InChI=1S/C85H47N9OS/c86-46-50-32-37-73-62(40-50)60-20-5-11-26-71(60)90(73)53-35-39-76-81(45-53)96-80-31-14-13-28-75(80)91(76)52-34-36-64-79(44-52)95-78-30-15-29-77(94-72-27-12-6-21-61(72)63-41-51(47-87)33-38-74(63)94)82(78)85(64)65-42-54(92-67-22-7-1-16-56(67)57-17-2-8-23-68(57)92)48-88-83(65)84-66(85)43-55(49-89-84)93-69-24-9-3-18-58(69)59-19-4-10-25-70(59)93/h1-45,48-49H. The van der Waals surface area contributed by atoms with Crippen LogP contribution >= 0.6 is 11.8 Å². The average molecular weight is 1240 g/mol. The second-order valence-corrected chi connectivity index (χ2v) is 26.1. The van der Waals surface area contributed by atoms with Crippen LogP contribution in [0, 0.1) is 22.7 Å². The summed E-state index contributed by atoms with van der Waals surface area (Å²) < 4.78 is 17.2. The van der Waals surface area contributed by atoms with Gasteiger partial charge in [-0.05, 0) is 133 Å². The molecule has 6 aromatic heterocycles. The van der Waals surface area contributed by atoms with Gasteiger partial charge in [0.25, 0.3) is 0 Å². The Morgan fingerprint density at radius 2 is 0.760 bits per heavy atom. The lowest BCUT2D eigenvalue weighted by Gasteiger charge is -2.41. The Morgan fingerprint density at radius 3 is 1.30 bits per heavy atom. The molecule has 0 bridgehead atoms. The van der Waals surface area contributed by atoms with Crippen LogP contribution < -0.4 is 9.64 Å². The largest absolute Gasteiger partial charge is 0.457 e. The van der Waals surface area contributed by atoms with Gasteiger partial charge in [-0.25, -0.2) is 0 Å². The molecular weight excluding hydrogens is 1200 g/mol. The van der Waals surface area contributed by atoms with Crippen LogP contribution in [-0.2, 0) is 5.41 Å². The molecule has 2 aliphatic heterocycles. The molecule has 96 heavy (non-hydrogen) atoms. The Kier molecular flexibility index (Phi) is 10.7. The lowest BCUT2D eigenvalue weighted by Crippen LogP contribution is -2.34. The van der Waals surface area contributed by atoms with Gasteiger partial charge >= 0.3 is 0 Å². The predicted octanol–water partition coefficient (Wildman–Crippen LogP) is 21.0. The Morgan fingerprint density at radius 1 is 0.323 bits per heavy atom. The summed E-state index contributed by atoms with van der Waals surface area (Å²) in [7, 11) is 0. The summed E-state index contributed by atoms with van der Waals surface area (Å²) in [5, 5.41) is 29.2. The normalized spacial score (nSPS) is 13.3. The van der Waals surface area contributed by atoms with E-state index in [1.807, 2.05) is 36.7 Å². The third kappa shape index (κ3) is 7.02. The summed E-state index contributed by atoms with van der Waals surface area (Å²) in [5.74, 6) is 1.38. The van der Waals surface area contributed by atoms with Crippen molar-refractivity contribution in [1.29, 1.82) is 10.5 Å². The number of rotatable bonds is 5. The van der Waals surface area contributed by atoms with E-state index in [1.54, 1.807) is 11.8 Å². The fourth-order valence-corrected chi connectivity index (χ4v) is 17.5. The molecule has 0 saturated carbocycles. The Labute approximate surface area is 552 Å². The van der Waals surface area contributed by atoms with Gasteiger partial charge in [0.2, 0.25) is 0 Å². The first-order valence-corrected chi connectivity index (χ1v) is 32.9. The zero-order valence-corrected chi connectivity index (χ0v) is 51.8. The van der Waals surface area contributed by atoms with Crippen molar-refractivity contribution in [3.8, 4) is 57.8 Å². The number of benzene rings is 12. The zero-order valence-electron chi connectivity index (χ0n) is 51.0. The Balaban J connectivity index is 0.858. The van der Waals surface area contributed by atoms with Crippen molar-refractivity contribution in [3.63, 3.8) is 0 Å². The summed E-state index contributed by atoms with van der Waals surface area (Å²) in [6.45, 7) is 0. The van der Waals surface area contributed by atoms with Crippen LogP contribution in [0.3, 0.4) is 0 Å². The molecule has 0 unspecified atom stereocenters. The number of hydrogen-bond acceptors (Lipinski definition) is 7. The summed E-state index contributed by atoms with van der Waals surface area (Å²) in [6.07, 6.45) is 4.05. The van der Waals surface area contributed by atoms with Gasteiger partial charge < -0.3 is 27.9 Å². The lowest BCUT2D eigenvalue weighted by molar-refractivity contribution is 0.436. The van der Waals surface area contributed by atoms with Crippen molar-refractivity contribution in [1.82, 2.24) is 28.2 Å². The maximum absolute atomic E-state index is 10.4. The second-order valence-electron chi connectivity index (χ2n) is 25.1. The number of para-hydroxylation sites is 7. The van der Waals surface area contributed by atoms with E-state index in [0.717, 1.165) is 170 Å². The predicted molar refractivity (Wildman–Crippen MR) is 385 cm³/mol. The number of aromatic nitrogens is 6. The fraction of sp³-hybridized carbons (Fsp3) is 0.0118. The minimum absolute atomic E-state index is 0.591. The quantitative estimate of drug-likeness (QED) is 0.169. The first kappa shape index (κ1) is 52.7. The number of ether oxygens (including phenoxy) is 1. The molecule has 444 valence electrons. The van der Waals surface area contributed by atoms with Crippen molar-refractivity contribution >= 4 is 116 Å². The second kappa shape index (κ2) is 19.6. The minimum Gasteiger partial charge on any atom is -0.457 e. The summed E-state index contributed by atoms with van der Waals surface area (Å²) in [6, 6.07) is 102. The molecule has 0 atom stereocenters. The number of pyridine rings is 2. The van der Waals surface area contributed by atoms with E-state index >= 15 is 0 Å². The SMILES string of the molecule is N#Cc1ccc2c(c1)c1ccccc1n2-c1ccc2c(c1)Sc1ccccc1N2c1ccc2c(c1)Oc1cccc(-n3c4ccccc4c4cc(C#N)ccc43)c1C21c2cc(-n3c4ccccc4c4ccccc43)cnc2-c2ncc(-n3c4ccccc4c4ccccc43)cc21. The number of fused-ring (bicyclic) bond motifs is 23. The molecule has 18 aromatic rings. The first-order valence-electron chi connectivity index (χ1n) is 32.1. The van der Waals surface area contributed by atoms with E-state index in [1.165, 1.54) is 0 Å². The van der Waals surface area contributed by atoms with E-state index < -0.39 is 5.41 Å². The van der Waals surface area contributed by atoms with Crippen LogP contribution in [0.1, 0.15) is 33.4 Å². The topological polar surface area (TPSA) is 106 Å². The minimum atomic E-state index is -1.17. The van der Waals surface area contributed by atoms with Crippen LogP contribution in [0.25, 0.3) is 121 Å². The fourth-order valence-electron chi connectivity index (χ4n) is 16.5. The average Bonchev–Trinajstić information content (AvgIpc) is 1.47. The summed E-state index contributed by atoms with van der Waals surface area (Å²) in [5.41, 5.74) is 20.6. The van der Waals surface area contributed by atoms with Crippen LogP contribution in [0.15, 0.2) is 295 Å². The maximum atomic E-state index is 10.4. The van der Waals surface area contributed by atoms with Crippen LogP contribution in [-0.4, -0.2) is 28.2 Å². The molecule has 0 N–H and O–H groups in total. The van der Waals surface area contributed by atoms with Gasteiger partial charge in [-0.2, -0.15) is 10.5 Å². The Hall–Kier alpha value is -12.9. The summed E-state index contributed by atoms with van der Waals surface area (Å²) >= 11 is 1.77. The number of hydrogen-bond donors (Lipinski definition) is 0. The van der Waals surface area contributed by atoms with Crippen molar-refractivity contribution < 1.29 is 4.74 Å². The van der Waals surface area contributed by atoms with Gasteiger partial charge in [0, 0.05) is 92.6 Å².